The van der Waals surface area contributed by atoms with E-state index in [1.54, 1.807) is 6.92 Å². The van der Waals surface area contributed by atoms with Crippen LogP contribution in [0.25, 0.3) is 32.3 Å². The molecule has 0 aliphatic rings. The average Bonchev–Trinajstić information content (AvgIpc) is 2.66. The van der Waals surface area contributed by atoms with Gasteiger partial charge < -0.3 is 9.47 Å². The van der Waals surface area contributed by atoms with Gasteiger partial charge in [0, 0.05) is 5.57 Å². The number of rotatable bonds is 6. The van der Waals surface area contributed by atoms with E-state index in [0.717, 1.165) is 5.56 Å². The number of carbonyl (C=O) groups is 1. The Morgan fingerprint density at radius 2 is 1.54 bits per heavy atom. The smallest absolute Gasteiger partial charge is 0.333 e. The van der Waals surface area contributed by atoms with E-state index in [9.17, 15) is 4.79 Å². The van der Waals surface area contributed by atoms with Crippen molar-refractivity contribution in [1.82, 2.24) is 0 Å². The molecule has 130 valence electrons. The van der Waals surface area contributed by atoms with Crippen molar-refractivity contribution >= 4 is 38.3 Å². The maximum Gasteiger partial charge on any atom is 0.333 e. The van der Waals surface area contributed by atoms with Gasteiger partial charge in [0.2, 0.25) is 0 Å². The fraction of sp³-hybridized carbons (Fsp3) is 0.174. The van der Waals surface area contributed by atoms with Crippen molar-refractivity contribution in [3.05, 3.63) is 72.3 Å². The summed E-state index contributed by atoms with van der Waals surface area (Å²) in [7, 11) is 0. The predicted molar refractivity (Wildman–Crippen MR) is 106 cm³/mol. The van der Waals surface area contributed by atoms with Crippen LogP contribution < -0.4 is 0 Å². The van der Waals surface area contributed by atoms with E-state index in [-0.39, 0.29) is 12.6 Å². The quantitative estimate of drug-likeness (QED) is 0.208. The van der Waals surface area contributed by atoms with E-state index in [0.29, 0.717) is 18.8 Å². The van der Waals surface area contributed by atoms with Gasteiger partial charge in [0.15, 0.2) is 0 Å². The van der Waals surface area contributed by atoms with Gasteiger partial charge in [-0.05, 0) is 44.8 Å². The Hall–Kier alpha value is -2.91. The molecule has 3 heteroatoms. The van der Waals surface area contributed by atoms with E-state index in [2.05, 4.69) is 61.2 Å². The zero-order valence-corrected chi connectivity index (χ0v) is 14.7. The average molecular weight is 344 g/mol. The van der Waals surface area contributed by atoms with E-state index in [1.165, 1.54) is 32.3 Å². The minimum atomic E-state index is -0.378. The van der Waals surface area contributed by atoms with Gasteiger partial charge >= 0.3 is 5.97 Å². The van der Waals surface area contributed by atoms with Gasteiger partial charge in [-0.3, -0.25) is 0 Å². The van der Waals surface area contributed by atoms with Crippen LogP contribution in [0.5, 0.6) is 0 Å². The first-order valence-electron chi connectivity index (χ1n) is 8.71. The van der Waals surface area contributed by atoms with Crippen molar-refractivity contribution in [2.24, 2.45) is 0 Å². The normalized spacial score (nSPS) is 11.4. The van der Waals surface area contributed by atoms with Gasteiger partial charge in [0.1, 0.15) is 6.61 Å². The molecule has 4 aromatic carbocycles. The molecule has 0 fully saturated rings. The van der Waals surface area contributed by atoms with Crippen LogP contribution in [0.15, 0.2) is 66.7 Å². The molecule has 0 spiro atoms. The Morgan fingerprint density at radius 1 is 0.885 bits per heavy atom. The summed E-state index contributed by atoms with van der Waals surface area (Å²) in [6.07, 6.45) is 0. The lowest BCUT2D eigenvalue weighted by atomic mass is 9.92. The van der Waals surface area contributed by atoms with Crippen LogP contribution in [0.1, 0.15) is 12.5 Å². The Balaban J connectivity index is 1.58. The first kappa shape index (κ1) is 16.6. The molecule has 0 N–H and O–H groups in total. The first-order chi connectivity index (χ1) is 12.6. The third-order valence-corrected chi connectivity index (χ3v) is 4.69. The molecule has 0 unspecified atom stereocenters. The molecule has 0 saturated heterocycles. The molecule has 0 heterocycles. The van der Waals surface area contributed by atoms with Crippen molar-refractivity contribution in [3.8, 4) is 0 Å². The maximum absolute atomic E-state index is 11.4. The van der Waals surface area contributed by atoms with E-state index in [1.807, 2.05) is 0 Å². The summed E-state index contributed by atoms with van der Waals surface area (Å²) in [5.41, 5.74) is 1.54. The van der Waals surface area contributed by atoms with Crippen molar-refractivity contribution in [3.63, 3.8) is 0 Å². The van der Waals surface area contributed by atoms with Crippen molar-refractivity contribution in [2.75, 3.05) is 13.2 Å². The van der Waals surface area contributed by atoms with Crippen LogP contribution in [-0.4, -0.2) is 19.2 Å². The van der Waals surface area contributed by atoms with Gasteiger partial charge in [-0.2, -0.15) is 0 Å². The van der Waals surface area contributed by atoms with Crippen molar-refractivity contribution in [1.29, 1.82) is 0 Å². The summed E-state index contributed by atoms with van der Waals surface area (Å²) in [6.45, 7) is 6.27. The molecule has 4 rings (SSSR count). The van der Waals surface area contributed by atoms with Gasteiger partial charge in [-0.15, -0.1) is 0 Å². The number of benzene rings is 4. The van der Waals surface area contributed by atoms with Gasteiger partial charge in [-0.1, -0.05) is 61.2 Å². The number of carbonyl (C=O) groups excluding carboxylic acids is 1. The Bertz CT molecular complexity index is 1090. The molecule has 4 aromatic rings. The van der Waals surface area contributed by atoms with E-state index in [4.69, 9.17) is 9.47 Å². The SMILES string of the molecule is C=C(C)C(=O)OCCOCc1ccc2ccc3cccc4ccc1c2c34. The second kappa shape index (κ2) is 6.77. The third kappa shape index (κ3) is 2.91. The van der Waals surface area contributed by atoms with Gasteiger partial charge in [0.05, 0.1) is 13.2 Å². The summed E-state index contributed by atoms with van der Waals surface area (Å²) in [4.78, 5) is 11.4. The molecule has 0 amide bonds. The molecule has 0 bridgehead atoms. The molecule has 0 aliphatic heterocycles. The summed E-state index contributed by atoms with van der Waals surface area (Å²) in [5.74, 6) is -0.378. The van der Waals surface area contributed by atoms with E-state index < -0.39 is 0 Å². The van der Waals surface area contributed by atoms with Crippen LogP contribution in [0.2, 0.25) is 0 Å². The highest BCUT2D eigenvalue weighted by Gasteiger charge is 2.10. The molecular formula is C23H20O3. The zero-order valence-electron chi connectivity index (χ0n) is 14.7. The molecule has 26 heavy (non-hydrogen) atoms. The van der Waals surface area contributed by atoms with E-state index >= 15 is 0 Å². The largest absolute Gasteiger partial charge is 0.460 e. The first-order valence-corrected chi connectivity index (χ1v) is 8.71. The Labute approximate surface area is 152 Å². The second-order valence-electron chi connectivity index (χ2n) is 6.55. The topological polar surface area (TPSA) is 35.5 Å². The fourth-order valence-electron chi connectivity index (χ4n) is 3.42. The lowest BCUT2D eigenvalue weighted by Crippen LogP contribution is -2.10. The Morgan fingerprint density at radius 3 is 2.27 bits per heavy atom. The summed E-state index contributed by atoms with van der Waals surface area (Å²) in [5, 5.41) is 7.56. The van der Waals surface area contributed by atoms with Crippen molar-refractivity contribution in [2.45, 2.75) is 13.5 Å². The predicted octanol–water partition coefficient (Wildman–Crippen LogP) is 5.22. The molecule has 0 aromatic heterocycles. The third-order valence-electron chi connectivity index (χ3n) is 4.69. The highest BCUT2D eigenvalue weighted by molar-refractivity contribution is 6.23. The fourth-order valence-corrected chi connectivity index (χ4v) is 3.42. The second-order valence-corrected chi connectivity index (χ2v) is 6.55. The van der Waals surface area contributed by atoms with Crippen LogP contribution in [0, 0.1) is 0 Å². The molecule has 0 aliphatic carbocycles. The van der Waals surface area contributed by atoms with Gasteiger partial charge in [0.25, 0.3) is 0 Å². The van der Waals surface area contributed by atoms with Gasteiger partial charge in [-0.25, -0.2) is 4.79 Å². The highest BCUT2D eigenvalue weighted by Crippen LogP contribution is 2.35. The molecule has 0 radical (unpaired) electrons. The number of esters is 1. The molecule has 0 saturated carbocycles. The minimum Gasteiger partial charge on any atom is -0.460 e. The molecular weight excluding hydrogens is 324 g/mol. The number of hydrogen-bond acceptors (Lipinski definition) is 3. The van der Waals surface area contributed by atoms with Crippen LogP contribution in [-0.2, 0) is 20.9 Å². The summed E-state index contributed by atoms with van der Waals surface area (Å²) < 4.78 is 10.8. The van der Waals surface area contributed by atoms with Crippen molar-refractivity contribution < 1.29 is 14.3 Å². The standard InChI is InChI=1S/C23H20O3/c1-15(2)23(24)26-13-12-25-14-19-9-8-18-7-6-16-4-3-5-17-10-11-20(19)22(18)21(16)17/h3-11H,1,12-14H2,2H3. The molecule has 0 atom stereocenters. The lowest BCUT2D eigenvalue weighted by Gasteiger charge is -2.14. The number of hydrogen-bond donors (Lipinski definition) is 0. The summed E-state index contributed by atoms with van der Waals surface area (Å²) in [6, 6.07) is 19.3. The zero-order chi connectivity index (χ0) is 18.1. The monoisotopic (exact) mass is 344 g/mol. The summed E-state index contributed by atoms with van der Waals surface area (Å²) >= 11 is 0. The lowest BCUT2D eigenvalue weighted by molar-refractivity contribution is -0.140. The van der Waals surface area contributed by atoms with Crippen LogP contribution >= 0.6 is 0 Å². The molecule has 3 nitrogen and oxygen atoms in total. The van der Waals surface area contributed by atoms with Crippen LogP contribution in [0.4, 0.5) is 0 Å². The van der Waals surface area contributed by atoms with Crippen LogP contribution in [0.3, 0.4) is 0 Å². The number of ether oxygens (including phenoxy) is 2. The highest BCUT2D eigenvalue weighted by atomic mass is 16.6. The minimum absolute atomic E-state index is 0.234. The Kier molecular flexibility index (Phi) is 4.31. The maximum atomic E-state index is 11.4.